The van der Waals surface area contributed by atoms with Crippen LogP contribution in [-0.4, -0.2) is 11.9 Å². The maximum Gasteiger partial charge on any atom is 0.379 e. The van der Waals surface area contributed by atoms with Gasteiger partial charge < -0.3 is 14.5 Å². The summed E-state index contributed by atoms with van der Waals surface area (Å²) in [6, 6.07) is 18.5. The Labute approximate surface area is 146 Å². The molecule has 0 saturated heterocycles. The number of rotatable bonds is 4. The molecule has 3 aromatic rings. The zero-order chi connectivity index (χ0) is 16.9. The third-order valence-corrected chi connectivity index (χ3v) is 3.56. The van der Waals surface area contributed by atoms with E-state index in [0.717, 1.165) is 0 Å². The molecular weight excluding hydrogens is 374 g/mol. The SMILES string of the molecule is O=C(Nc1ccccc1)c1ccc(OC(=O)c2ccc(Br)o2)cc1. The lowest BCUT2D eigenvalue weighted by Gasteiger charge is -2.06. The molecule has 3 rings (SSSR count). The normalized spacial score (nSPS) is 10.2. The molecule has 1 aromatic heterocycles. The van der Waals surface area contributed by atoms with Crippen LogP contribution in [-0.2, 0) is 0 Å². The van der Waals surface area contributed by atoms with Gasteiger partial charge in [0.1, 0.15) is 5.75 Å². The number of nitrogens with one attached hydrogen (secondary N) is 1. The number of para-hydroxylation sites is 1. The van der Waals surface area contributed by atoms with Crippen molar-refractivity contribution in [3.63, 3.8) is 0 Å². The Bertz CT molecular complexity index is 856. The van der Waals surface area contributed by atoms with E-state index in [0.29, 0.717) is 21.7 Å². The molecule has 6 heteroatoms. The highest BCUT2D eigenvalue weighted by molar-refractivity contribution is 9.10. The molecule has 0 aliphatic rings. The summed E-state index contributed by atoms with van der Waals surface area (Å²) in [5, 5.41) is 2.78. The van der Waals surface area contributed by atoms with Crippen molar-refractivity contribution in [2.45, 2.75) is 0 Å². The second-order valence-electron chi connectivity index (χ2n) is 4.84. The summed E-state index contributed by atoms with van der Waals surface area (Å²) in [5.74, 6) is -0.437. The van der Waals surface area contributed by atoms with Gasteiger partial charge in [0.25, 0.3) is 5.91 Å². The number of amides is 1. The Morgan fingerprint density at radius 1 is 0.917 bits per heavy atom. The number of benzene rings is 2. The zero-order valence-electron chi connectivity index (χ0n) is 12.4. The monoisotopic (exact) mass is 385 g/mol. The van der Waals surface area contributed by atoms with E-state index in [1.54, 1.807) is 42.5 Å². The van der Waals surface area contributed by atoms with Gasteiger partial charge in [-0.1, -0.05) is 18.2 Å². The van der Waals surface area contributed by atoms with E-state index < -0.39 is 5.97 Å². The van der Waals surface area contributed by atoms with E-state index in [1.807, 2.05) is 18.2 Å². The second-order valence-corrected chi connectivity index (χ2v) is 5.62. The Balaban J connectivity index is 1.64. The first kappa shape index (κ1) is 16.0. The van der Waals surface area contributed by atoms with Gasteiger partial charge in [0.15, 0.2) is 4.67 Å². The summed E-state index contributed by atoms with van der Waals surface area (Å²) in [6.45, 7) is 0. The summed E-state index contributed by atoms with van der Waals surface area (Å²) in [6.07, 6.45) is 0. The lowest BCUT2D eigenvalue weighted by atomic mass is 10.2. The minimum atomic E-state index is -0.609. The van der Waals surface area contributed by atoms with Gasteiger partial charge in [-0.25, -0.2) is 4.79 Å². The van der Waals surface area contributed by atoms with Crippen molar-refractivity contribution in [2.24, 2.45) is 0 Å². The van der Waals surface area contributed by atoms with Gasteiger partial charge in [-0.15, -0.1) is 0 Å². The van der Waals surface area contributed by atoms with Crippen LogP contribution in [0, 0.1) is 0 Å². The van der Waals surface area contributed by atoms with Gasteiger partial charge in [0.2, 0.25) is 5.76 Å². The molecule has 0 fully saturated rings. The quantitative estimate of drug-likeness (QED) is 0.529. The average molecular weight is 386 g/mol. The number of carbonyl (C=O) groups excluding carboxylic acids is 2. The van der Waals surface area contributed by atoms with Crippen LogP contribution in [0.2, 0.25) is 0 Å². The third kappa shape index (κ3) is 3.91. The lowest BCUT2D eigenvalue weighted by molar-refractivity contribution is 0.0700. The zero-order valence-corrected chi connectivity index (χ0v) is 13.9. The molecule has 0 aliphatic heterocycles. The van der Waals surface area contributed by atoms with Crippen molar-refractivity contribution in [3.05, 3.63) is 82.7 Å². The smallest absolute Gasteiger partial charge is 0.379 e. The maximum atomic E-state index is 12.1. The van der Waals surface area contributed by atoms with E-state index in [1.165, 1.54) is 6.07 Å². The number of anilines is 1. The fourth-order valence-corrected chi connectivity index (χ4v) is 2.29. The molecule has 0 atom stereocenters. The highest BCUT2D eigenvalue weighted by Crippen LogP contribution is 2.18. The fraction of sp³-hybridized carbons (Fsp3) is 0. The predicted molar refractivity (Wildman–Crippen MR) is 92.2 cm³/mol. The van der Waals surface area contributed by atoms with Crippen molar-refractivity contribution in [1.82, 2.24) is 0 Å². The van der Waals surface area contributed by atoms with Gasteiger partial charge in [0, 0.05) is 11.3 Å². The number of furan rings is 1. The maximum absolute atomic E-state index is 12.1. The molecule has 0 radical (unpaired) electrons. The topological polar surface area (TPSA) is 68.5 Å². The standard InChI is InChI=1S/C18H12BrNO4/c19-16-11-10-15(24-16)18(22)23-14-8-6-12(7-9-14)17(21)20-13-4-2-1-3-5-13/h1-11H,(H,20,21). The molecule has 1 N–H and O–H groups in total. The molecule has 5 nitrogen and oxygen atoms in total. The van der Waals surface area contributed by atoms with Gasteiger partial charge in [-0.3, -0.25) is 4.79 Å². The van der Waals surface area contributed by atoms with Gasteiger partial charge in [-0.2, -0.15) is 0 Å². The molecule has 0 aliphatic carbocycles. The summed E-state index contributed by atoms with van der Waals surface area (Å²) in [5.41, 5.74) is 1.17. The van der Waals surface area contributed by atoms with Crippen molar-refractivity contribution in [2.75, 3.05) is 5.32 Å². The van der Waals surface area contributed by atoms with Crippen molar-refractivity contribution in [1.29, 1.82) is 0 Å². The van der Waals surface area contributed by atoms with Gasteiger partial charge >= 0.3 is 5.97 Å². The van der Waals surface area contributed by atoms with E-state index in [-0.39, 0.29) is 11.7 Å². The van der Waals surface area contributed by atoms with Crippen LogP contribution in [0.1, 0.15) is 20.9 Å². The molecule has 120 valence electrons. The minimum Gasteiger partial charge on any atom is -0.442 e. The molecule has 24 heavy (non-hydrogen) atoms. The van der Waals surface area contributed by atoms with Gasteiger partial charge in [-0.05, 0) is 64.5 Å². The largest absolute Gasteiger partial charge is 0.442 e. The number of hydrogen-bond donors (Lipinski definition) is 1. The molecule has 2 aromatic carbocycles. The Hall–Kier alpha value is -2.86. The molecular formula is C18H12BrNO4. The van der Waals surface area contributed by atoms with Crippen LogP contribution in [0.25, 0.3) is 0 Å². The van der Waals surface area contributed by atoms with Crippen molar-refractivity contribution >= 4 is 33.5 Å². The lowest BCUT2D eigenvalue weighted by Crippen LogP contribution is -2.12. The van der Waals surface area contributed by atoms with E-state index >= 15 is 0 Å². The first-order valence-corrected chi connectivity index (χ1v) is 7.85. The predicted octanol–water partition coefficient (Wildman–Crippen LogP) is 4.51. The Morgan fingerprint density at radius 2 is 1.62 bits per heavy atom. The Kier molecular flexibility index (Phi) is 4.77. The summed E-state index contributed by atoms with van der Waals surface area (Å²) in [7, 11) is 0. The molecule has 0 bridgehead atoms. The summed E-state index contributed by atoms with van der Waals surface area (Å²) in [4.78, 5) is 24.0. The van der Waals surface area contributed by atoms with Crippen molar-refractivity contribution < 1.29 is 18.7 Å². The number of ether oxygens (including phenoxy) is 1. The molecule has 1 heterocycles. The minimum absolute atomic E-state index is 0.0905. The molecule has 0 spiro atoms. The first-order chi connectivity index (χ1) is 11.6. The number of carbonyl (C=O) groups is 2. The third-order valence-electron chi connectivity index (χ3n) is 3.13. The van der Waals surface area contributed by atoms with E-state index in [9.17, 15) is 9.59 Å². The van der Waals surface area contributed by atoms with Crippen LogP contribution < -0.4 is 10.1 Å². The fourth-order valence-electron chi connectivity index (χ4n) is 1.98. The average Bonchev–Trinajstić information content (AvgIpc) is 3.03. The second kappa shape index (κ2) is 7.14. The van der Waals surface area contributed by atoms with E-state index in [2.05, 4.69) is 21.2 Å². The number of halogens is 1. The van der Waals surface area contributed by atoms with Crippen LogP contribution in [0.15, 0.2) is 75.8 Å². The summed E-state index contributed by atoms with van der Waals surface area (Å²) >= 11 is 3.12. The molecule has 0 saturated carbocycles. The number of esters is 1. The highest BCUT2D eigenvalue weighted by Gasteiger charge is 2.13. The van der Waals surface area contributed by atoms with Crippen LogP contribution in [0.4, 0.5) is 5.69 Å². The molecule has 0 unspecified atom stereocenters. The first-order valence-electron chi connectivity index (χ1n) is 7.06. The van der Waals surface area contributed by atoms with E-state index in [4.69, 9.17) is 9.15 Å². The van der Waals surface area contributed by atoms with Crippen LogP contribution in [0.3, 0.4) is 0 Å². The van der Waals surface area contributed by atoms with Crippen LogP contribution >= 0.6 is 15.9 Å². The van der Waals surface area contributed by atoms with Crippen molar-refractivity contribution in [3.8, 4) is 5.75 Å². The summed E-state index contributed by atoms with van der Waals surface area (Å²) < 4.78 is 10.8. The number of hydrogen-bond acceptors (Lipinski definition) is 4. The Morgan fingerprint density at radius 3 is 2.25 bits per heavy atom. The molecule has 1 amide bonds. The highest BCUT2D eigenvalue weighted by atomic mass is 79.9. The van der Waals surface area contributed by atoms with Gasteiger partial charge in [0.05, 0.1) is 0 Å². The van der Waals surface area contributed by atoms with Crippen LogP contribution in [0.5, 0.6) is 5.75 Å².